The fourth-order valence-electron chi connectivity index (χ4n) is 3.05. The first-order chi connectivity index (χ1) is 13.7. The number of carboxylic acid groups (broad SMARTS) is 1. The molecule has 152 valence electrons. The number of aromatic nitrogens is 1. The minimum absolute atomic E-state index is 0.193. The Kier molecular flexibility index (Phi) is 8.03. The lowest BCUT2D eigenvalue weighted by molar-refractivity contribution is 0.0696. The highest BCUT2D eigenvalue weighted by atomic mass is 32.1. The van der Waals surface area contributed by atoms with Gasteiger partial charge in [0.1, 0.15) is 0 Å². The summed E-state index contributed by atoms with van der Waals surface area (Å²) in [5, 5.41) is 8.93. The van der Waals surface area contributed by atoms with Gasteiger partial charge in [0.05, 0.1) is 11.3 Å². The quantitative estimate of drug-likeness (QED) is 0.451. The van der Waals surface area contributed by atoms with E-state index in [1.807, 2.05) is 24.3 Å². The first kappa shape index (κ1) is 22.7. The van der Waals surface area contributed by atoms with Crippen molar-refractivity contribution in [2.75, 3.05) is 0 Å². The zero-order chi connectivity index (χ0) is 21.4. The summed E-state index contributed by atoms with van der Waals surface area (Å²) in [5.74, 6) is -0.965. The SMILES string of the molecule is CCCC(C)(C)S.Cc1ccccc1-c1cccc(-c2ccc(C(=O)O)cn2)c1. The molecule has 0 aliphatic heterocycles. The molecule has 0 fully saturated rings. The Hall–Kier alpha value is -2.59. The van der Waals surface area contributed by atoms with Crippen LogP contribution in [0.1, 0.15) is 49.5 Å². The molecule has 4 heteroatoms. The number of aromatic carboxylic acids is 1. The smallest absolute Gasteiger partial charge is 0.337 e. The van der Waals surface area contributed by atoms with E-state index in [-0.39, 0.29) is 10.3 Å². The normalized spacial score (nSPS) is 10.8. The summed E-state index contributed by atoms with van der Waals surface area (Å²) in [7, 11) is 0. The number of benzene rings is 2. The van der Waals surface area contributed by atoms with Crippen molar-refractivity contribution in [3.05, 3.63) is 78.0 Å². The monoisotopic (exact) mass is 407 g/mol. The first-order valence-electron chi connectivity index (χ1n) is 9.79. The first-order valence-corrected chi connectivity index (χ1v) is 10.2. The maximum absolute atomic E-state index is 10.9. The van der Waals surface area contributed by atoms with E-state index in [0.717, 1.165) is 16.8 Å². The molecule has 3 rings (SSSR count). The van der Waals surface area contributed by atoms with E-state index in [1.54, 1.807) is 12.1 Å². The minimum Gasteiger partial charge on any atom is -0.478 e. The van der Waals surface area contributed by atoms with Gasteiger partial charge in [-0.3, -0.25) is 4.98 Å². The Bertz CT molecular complexity index is 944. The Balaban J connectivity index is 0.000000370. The van der Waals surface area contributed by atoms with Crippen LogP contribution in [-0.4, -0.2) is 20.8 Å². The molecule has 0 spiro atoms. The number of hydrogen-bond acceptors (Lipinski definition) is 3. The molecule has 1 aromatic heterocycles. The molecule has 0 amide bonds. The Morgan fingerprint density at radius 2 is 1.72 bits per heavy atom. The van der Waals surface area contributed by atoms with Crippen molar-refractivity contribution in [3.63, 3.8) is 0 Å². The minimum atomic E-state index is -0.965. The maximum Gasteiger partial charge on any atom is 0.337 e. The van der Waals surface area contributed by atoms with Crippen LogP contribution in [0.3, 0.4) is 0 Å². The number of carboxylic acids is 1. The van der Waals surface area contributed by atoms with Crippen LogP contribution < -0.4 is 0 Å². The van der Waals surface area contributed by atoms with Gasteiger partial charge in [-0.1, -0.05) is 69.7 Å². The van der Waals surface area contributed by atoms with Crippen LogP contribution in [-0.2, 0) is 0 Å². The van der Waals surface area contributed by atoms with Crippen molar-refractivity contribution < 1.29 is 9.90 Å². The van der Waals surface area contributed by atoms with Crippen molar-refractivity contribution in [3.8, 4) is 22.4 Å². The number of aryl methyl sites for hydroxylation is 1. The second-order valence-electron chi connectivity index (χ2n) is 7.70. The summed E-state index contributed by atoms with van der Waals surface area (Å²) >= 11 is 4.33. The van der Waals surface area contributed by atoms with Crippen molar-refractivity contribution in [1.82, 2.24) is 4.98 Å². The summed E-state index contributed by atoms with van der Waals surface area (Å²) in [6.45, 7) is 8.54. The number of hydrogen-bond donors (Lipinski definition) is 2. The van der Waals surface area contributed by atoms with E-state index in [0.29, 0.717) is 0 Å². The Morgan fingerprint density at radius 1 is 1.03 bits per heavy atom. The molecule has 3 nitrogen and oxygen atoms in total. The van der Waals surface area contributed by atoms with E-state index in [2.05, 4.69) is 69.6 Å². The molecule has 1 N–H and O–H groups in total. The number of thiol groups is 1. The molecule has 0 radical (unpaired) electrons. The molecule has 0 bridgehead atoms. The second-order valence-corrected chi connectivity index (χ2v) is 8.91. The van der Waals surface area contributed by atoms with E-state index in [1.165, 1.54) is 30.2 Å². The van der Waals surface area contributed by atoms with Crippen LogP contribution in [0.15, 0.2) is 66.9 Å². The van der Waals surface area contributed by atoms with E-state index in [9.17, 15) is 4.79 Å². The molecular weight excluding hydrogens is 378 g/mol. The molecule has 29 heavy (non-hydrogen) atoms. The van der Waals surface area contributed by atoms with Gasteiger partial charge in [-0.2, -0.15) is 12.6 Å². The van der Waals surface area contributed by atoms with Crippen molar-refractivity contribution >= 4 is 18.6 Å². The van der Waals surface area contributed by atoms with Crippen LogP contribution in [0.25, 0.3) is 22.4 Å². The highest BCUT2D eigenvalue weighted by Crippen LogP contribution is 2.27. The zero-order valence-electron chi connectivity index (χ0n) is 17.5. The predicted molar refractivity (Wildman–Crippen MR) is 125 cm³/mol. The summed E-state index contributed by atoms with van der Waals surface area (Å²) in [6.07, 6.45) is 3.82. The highest BCUT2D eigenvalue weighted by molar-refractivity contribution is 7.81. The largest absolute Gasteiger partial charge is 0.478 e. The van der Waals surface area contributed by atoms with E-state index < -0.39 is 5.97 Å². The number of pyridine rings is 1. The third kappa shape index (κ3) is 7.06. The fraction of sp³-hybridized carbons (Fsp3) is 0.280. The molecule has 0 unspecified atom stereocenters. The Morgan fingerprint density at radius 3 is 2.24 bits per heavy atom. The molecule has 3 aromatic rings. The molecule has 0 saturated heterocycles. The third-order valence-electron chi connectivity index (χ3n) is 4.49. The van der Waals surface area contributed by atoms with Gasteiger partial charge in [-0.15, -0.1) is 0 Å². The highest BCUT2D eigenvalue weighted by Gasteiger charge is 2.08. The third-order valence-corrected chi connectivity index (χ3v) is 4.71. The fourth-order valence-corrected chi connectivity index (χ4v) is 3.27. The zero-order valence-corrected chi connectivity index (χ0v) is 18.4. The molecule has 0 aliphatic carbocycles. The summed E-state index contributed by atoms with van der Waals surface area (Å²) in [4.78, 5) is 15.1. The van der Waals surface area contributed by atoms with Crippen LogP contribution in [0.5, 0.6) is 0 Å². The van der Waals surface area contributed by atoms with Gasteiger partial charge in [0.15, 0.2) is 0 Å². The summed E-state index contributed by atoms with van der Waals surface area (Å²) in [6, 6.07) is 19.6. The van der Waals surface area contributed by atoms with Crippen LogP contribution in [0.4, 0.5) is 0 Å². The topological polar surface area (TPSA) is 50.2 Å². The van der Waals surface area contributed by atoms with Crippen molar-refractivity contribution in [2.24, 2.45) is 0 Å². The summed E-state index contributed by atoms with van der Waals surface area (Å²) < 4.78 is 0.245. The maximum atomic E-state index is 10.9. The van der Waals surface area contributed by atoms with Gasteiger partial charge < -0.3 is 5.11 Å². The summed E-state index contributed by atoms with van der Waals surface area (Å²) in [5.41, 5.74) is 5.46. The molecule has 0 atom stereocenters. The second kappa shape index (κ2) is 10.3. The van der Waals surface area contributed by atoms with E-state index in [4.69, 9.17) is 5.11 Å². The van der Waals surface area contributed by atoms with Gasteiger partial charge >= 0.3 is 5.97 Å². The number of nitrogens with zero attached hydrogens (tertiary/aromatic N) is 1. The van der Waals surface area contributed by atoms with Gasteiger partial charge in [-0.25, -0.2) is 4.79 Å². The number of rotatable bonds is 5. The van der Waals surface area contributed by atoms with Gasteiger partial charge in [-0.05, 0) is 48.2 Å². The van der Waals surface area contributed by atoms with E-state index >= 15 is 0 Å². The Labute approximate surface area is 179 Å². The van der Waals surface area contributed by atoms with Crippen LogP contribution >= 0.6 is 12.6 Å². The lowest BCUT2D eigenvalue weighted by atomic mass is 9.98. The van der Waals surface area contributed by atoms with Gasteiger partial charge in [0.2, 0.25) is 0 Å². The lowest BCUT2D eigenvalue weighted by Gasteiger charge is -2.14. The van der Waals surface area contributed by atoms with Crippen LogP contribution in [0, 0.1) is 6.92 Å². The molecule has 0 aliphatic rings. The lowest BCUT2D eigenvalue weighted by Crippen LogP contribution is -2.08. The van der Waals surface area contributed by atoms with Gasteiger partial charge in [0.25, 0.3) is 0 Å². The number of carbonyl (C=O) groups is 1. The standard InChI is InChI=1S/C19H15NO2.C6H14S/c1-13-5-2-3-8-17(13)14-6-4-7-15(11-14)18-10-9-16(12-20-18)19(21)22;1-4-5-6(2,3)7/h2-12H,1H3,(H,21,22);7H,4-5H2,1-3H3. The molecule has 1 heterocycles. The average Bonchev–Trinajstić information content (AvgIpc) is 2.68. The van der Waals surface area contributed by atoms with Crippen molar-refractivity contribution in [1.29, 1.82) is 0 Å². The van der Waals surface area contributed by atoms with Crippen molar-refractivity contribution in [2.45, 2.75) is 45.3 Å². The molecule has 0 saturated carbocycles. The predicted octanol–water partition coefficient (Wildman–Crippen LogP) is 6.92. The van der Waals surface area contributed by atoms with Crippen LogP contribution in [0.2, 0.25) is 0 Å². The molecular formula is C25H29NO2S. The average molecular weight is 408 g/mol. The van der Waals surface area contributed by atoms with Gasteiger partial charge in [0, 0.05) is 16.5 Å². The molecule has 2 aromatic carbocycles.